The number of carbonyl (C=O) groups excluding carboxylic acids is 1. The molecule has 1 aliphatic rings. The maximum absolute atomic E-state index is 11.8. The molecule has 1 fully saturated rings. The predicted molar refractivity (Wildman–Crippen MR) is 63.8 cm³/mol. The number of amides is 2. The summed E-state index contributed by atoms with van der Waals surface area (Å²) in [6, 6.07) is 3.46. The molecule has 2 rings (SSSR count). The average molecular weight is 249 g/mol. The van der Waals surface area contributed by atoms with E-state index in [1.54, 1.807) is 18.5 Å². The van der Waals surface area contributed by atoms with Crippen LogP contribution in [0.1, 0.15) is 12.0 Å². The lowest BCUT2D eigenvalue weighted by molar-refractivity contribution is -0.141. The normalized spacial score (nSPS) is 18.7. The maximum atomic E-state index is 11.8. The van der Waals surface area contributed by atoms with Gasteiger partial charge in [0.15, 0.2) is 0 Å². The van der Waals surface area contributed by atoms with Gasteiger partial charge in [-0.15, -0.1) is 0 Å². The van der Waals surface area contributed by atoms with E-state index in [-0.39, 0.29) is 12.6 Å². The molecule has 96 valence electrons. The van der Waals surface area contributed by atoms with Gasteiger partial charge in [-0.25, -0.2) is 4.79 Å². The second-order valence-corrected chi connectivity index (χ2v) is 4.29. The Labute approximate surface area is 105 Å². The van der Waals surface area contributed by atoms with Crippen LogP contribution in [0.15, 0.2) is 24.5 Å². The van der Waals surface area contributed by atoms with Crippen molar-refractivity contribution in [3.63, 3.8) is 0 Å². The molecular formula is C12H15N3O3. The molecule has 0 radical (unpaired) electrons. The number of carbonyl (C=O) groups is 2. The van der Waals surface area contributed by atoms with Crippen LogP contribution < -0.4 is 5.32 Å². The Hall–Kier alpha value is -2.11. The van der Waals surface area contributed by atoms with E-state index in [0.717, 1.165) is 5.56 Å². The first-order chi connectivity index (χ1) is 8.66. The Bertz CT molecular complexity index is 435. The van der Waals surface area contributed by atoms with Crippen LogP contribution in [0.4, 0.5) is 4.79 Å². The van der Waals surface area contributed by atoms with E-state index in [1.165, 1.54) is 4.90 Å². The first-order valence-corrected chi connectivity index (χ1v) is 5.81. The molecule has 6 nitrogen and oxygen atoms in total. The van der Waals surface area contributed by atoms with E-state index in [9.17, 15) is 9.59 Å². The summed E-state index contributed by atoms with van der Waals surface area (Å²) in [7, 11) is 0. The van der Waals surface area contributed by atoms with Crippen LogP contribution in [0.25, 0.3) is 0 Å². The third-order valence-corrected chi connectivity index (χ3v) is 2.99. The molecule has 2 amide bonds. The molecule has 2 N–H and O–H groups in total. The number of nitrogens with zero attached hydrogens (tertiary/aromatic N) is 2. The molecule has 1 saturated heterocycles. The zero-order valence-corrected chi connectivity index (χ0v) is 9.87. The van der Waals surface area contributed by atoms with Gasteiger partial charge in [-0.2, -0.15) is 0 Å². The molecular weight excluding hydrogens is 234 g/mol. The van der Waals surface area contributed by atoms with Crippen molar-refractivity contribution in [3.8, 4) is 0 Å². The molecule has 1 aromatic rings. The Morgan fingerprint density at radius 3 is 3.00 bits per heavy atom. The van der Waals surface area contributed by atoms with E-state index in [0.29, 0.717) is 19.5 Å². The SMILES string of the molecule is O=C(O)C1CCN(C(=O)NCc2cccnc2)C1. The van der Waals surface area contributed by atoms with Crippen molar-refractivity contribution < 1.29 is 14.7 Å². The first-order valence-electron chi connectivity index (χ1n) is 5.81. The number of hydrogen-bond acceptors (Lipinski definition) is 3. The van der Waals surface area contributed by atoms with Gasteiger partial charge in [-0.3, -0.25) is 9.78 Å². The third kappa shape index (κ3) is 2.97. The number of hydrogen-bond donors (Lipinski definition) is 2. The van der Waals surface area contributed by atoms with Crippen LogP contribution in [-0.2, 0) is 11.3 Å². The van der Waals surface area contributed by atoms with Crippen LogP contribution in [0, 0.1) is 5.92 Å². The van der Waals surface area contributed by atoms with Crippen LogP contribution in [0.3, 0.4) is 0 Å². The van der Waals surface area contributed by atoms with Gasteiger partial charge in [-0.05, 0) is 18.1 Å². The Morgan fingerprint density at radius 2 is 2.39 bits per heavy atom. The predicted octanol–water partition coefficient (Wildman–Crippen LogP) is 0.698. The molecule has 1 aliphatic heterocycles. The average Bonchev–Trinajstić information content (AvgIpc) is 2.87. The number of urea groups is 1. The van der Waals surface area contributed by atoms with Crippen LogP contribution in [0.2, 0.25) is 0 Å². The summed E-state index contributed by atoms with van der Waals surface area (Å²) >= 11 is 0. The third-order valence-electron chi connectivity index (χ3n) is 2.99. The maximum Gasteiger partial charge on any atom is 0.317 e. The zero-order valence-electron chi connectivity index (χ0n) is 9.87. The lowest BCUT2D eigenvalue weighted by Crippen LogP contribution is -2.38. The summed E-state index contributed by atoms with van der Waals surface area (Å²) in [5.41, 5.74) is 0.917. The number of aromatic nitrogens is 1. The number of rotatable bonds is 3. The van der Waals surface area contributed by atoms with Crippen molar-refractivity contribution in [2.24, 2.45) is 5.92 Å². The number of carboxylic acids is 1. The van der Waals surface area contributed by atoms with Crippen LogP contribution in [-0.4, -0.2) is 40.1 Å². The minimum Gasteiger partial charge on any atom is -0.481 e. The second-order valence-electron chi connectivity index (χ2n) is 4.29. The minimum absolute atomic E-state index is 0.220. The van der Waals surface area contributed by atoms with Gasteiger partial charge in [0.05, 0.1) is 5.92 Å². The topological polar surface area (TPSA) is 82.5 Å². The highest BCUT2D eigenvalue weighted by Crippen LogP contribution is 2.16. The standard InChI is InChI=1S/C12H15N3O3/c16-11(17)10-3-5-15(8-10)12(18)14-7-9-2-1-4-13-6-9/h1-2,4,6,10H,3,5,7-8H2,(H,14,18)(H,16,17). The van der Waals surface area contributed by atoms with Gasteiger partial charge >= 0.3 is 12.0 Å². The van der Waals surface area contributed by atoms with Crippen molar-refractivity contribution in [1.29, 1.82) is 0 Å². The van der Waals surface area contributed by atoms with Crippen molar-refractivity contribution in [2.75, 3.05) is 13.1 Å². The molecule has 1 atom stereocenters. The fourth-order valence-corrected chi connectivity index (χ4v) is 1.94. The molecule has 2 heterocycles. The van der Waals surface area contributed by atoms with E-state index in [2.05, 4.69) is 10.3 Å². The minimum atomic E-state index is -0.836. The number of pyridine rings is 1. The molecule has 0 spiro atoms. The lowest BCUT2D eigenvalue weighted by atomic mass is 10.1. The quantitative estimate of drug-likeness (QED) is 0.826. The summed E-state index contributed by atoms with van der Waals surface area (Å²) in [4.78, 5) is 28.1. The highest BCUT2D eigenvalue weighted by atomic mass is 16.4. The first kappa shape index (κ1) is 12.3. The number of carboxylic acid groups (broad SMARTS) is 1. The van der Waals surface area contributed by atoms with Gasteiger partial charge in [-0.1, -0.05) is 6.07 Å². The van der Waals surface area contributed by atoms with Crippen molar-refractivity contribution >= 4 is 12.0 Å². The highest BCUT2D eigenvalue weighted by Gasteiger charge is 2.30. The summed E-state index contributed by atoms with van der Waals surface area (Å²) in [5.74, 6) is -1.27. The Morgan fingerprint density at radius 1 is 1.56 bits per heavy atom. The van der Waals surface area contributed by atoms with Crippen molar-refractivity contribution in [1.82, 2.24) is 15.2 Å². The fourth-order valence-electron chi connectivity index (χ4n) is 1.94. The Balaban J connectivity index is 1.81. The fraction of sp³-hybridized carbons (Fsp3) is 0.417. The van der Waals surface area contributed by atoms with Gasteiger partial charge in [0.2, 0.25) is 0 Å². The molecule has 0 saturated carbocycles. The van der Waals surface area contributed by atoms with Gasteiger partial charge in [0, 0.05) is 32.0 Å². The largest absolute Gasteiger partial charge is 0.481 e. The molecule has 0 bridgehead atoms. The van der Waals surface area contributed by atoms with Gasteiger partial charge < -0.3 is 15.3 Å². The van der Waals surface area contributed by atoms with Gasteiger partial charge in [0.25, 0.3) is 0 Å². The van der Waals surface area contributed by atoms with E-state index in [1.807, 2.05) is 6.07 Å². The number of likely N-dealkylation sites (tertiary alicyclic amines) is 1. The van der Waals surface area contributed by atoms with Crippen molar-refractivity contribution in [3.05, 3.63) is 30.1 Å². The van der Waals surface area contributed by atoms with E-state index < -0.39 is 11.9 Å². The summed E-state index contributed by atoms with van der Waals surface area (Å²) in [6.45, 7) is 1.19. The highest BCUT2D eigenvalue weighted by molar-refractivity contribution is 5.77. The van der Waals surface area contributed by atoms with Crippen LogP contribution >= 0.6 is 0 Å². The zero-order chi connectivity index (χ0) is 13.0. The summed E-state index contributed by atoms with van der Waals surface area (Å²) in [6.07, 6.45) is 3.88. The molecule has 6 heteroatoms. The number of nitrogens with one attached hydrogen (secondary N) is 1. The molecule has 18 heavy (non-hydrogen) atoms. The molecule has 1 unspecified atom stereocenters. The van der Waals surface area contributed by atoms with Crippen molar-refractivity contribution in [2.45, 2.75) is 13.0 Å². The van der Waals surface area contributed by atoms with Gasteiger partial charge in [0.1, 0.15) is 0 Å². The Kier molecular flexibility index (Phi) is 3.76. The molecule has 0 aromatic carbocycles. The summed E-state index contributed by atoms with van der Waals surface area (Å²) < 4.78 is 0. The molecule has 1 aromatic heterocycles. The van der Waals surface area contributed by atoms with Crippen LogP contribution in [0.5, 0.6) is 0 Å². The lowest BCUT2D eigenvalue weighted by Gasteiger charge is -2.16. The number of aliphatic carboxylic acids is 1. The second kappa shape index (κ2) is 5.48. The van der Waals surface area contributed by atoms with E-state index >= 15 is 0 Å². The molecule has 0 aliphatic carbocycles. The summed E-state index contributed by atoms with van der Waals surface area (Å²) in [5, 5.41) is 11.6. The smallest absolute Gasteiger partial charge is 0.317 e. The monoisotopic (exact) mass is 249 g/mol. The van der Waals surface area contributed by atoms with E-state index in [4.69, 9.17) is 5.11 Å².